The minimum Gasteiger partial charge on any atom is -0.213 e. The van der Waals surface area contributed by atoms with Gasteiger partial charge < -0.3 is 0 Å². The van der Waals surface area contributed by atoms with Crippen LogP contribution in [0.4, 0.5) is 0 Å². The van der Waals surface area contributed by atoms with Crippen LogP contribution in [-0.2, 0) is 0 Å². The molecule has 0 spiro atoms. The third kappa shape index (κ3) is 1.36. The zero-order valence-corrected chi connectivity index (χ0v) is 6.56. The Morgan fingerprint density at radius 3 is 2.18 bits per heavy atom. The lowest BCUT2D eigenvalue weighted by molar-refractivity contribution is 0.294. The summed E-state index contributed by atoms with van der Waals surface area (Å²) in [7, 11) is 0. The molecule has 0 aromatic carbocycles. The monoisotopic (exact) mass is 157 g/mol. The first-order chi connectivity index (χ1) is 5.47. The molecular formula is C6H15N5. The van der Waals surface area contributed by atoms with Gasteiger partial charge in [-0.05, 0) is 12.8 Å². The number of rotatable bonds is 1. The van der Waals surface area contributed by atoms with E-state index >= 15 is 0 Å². The number of hydrogen-bond donors (Lipinski definition) is 4. The minimum absolute atomic E-state index is 0.631. The highest BCUT2D eigenvalue weighted by Gasteiger charge is 2.14. The van der Waals surface area contributed by atoms with Crippen LogP contribution in [0.1, 0.15) is 38.1 Å². The van der Waals surface area contributed by atoms with E-state index in [1.807, 2.05) is 4.80 Å². The van der Waals surface area contributed by atoms with Crippen molar-refractivity contribution >= 4 is 0 Å². The first kappa shape index (κ1) is 6.69. The van der Waals surface area contributed by atoms with Crippen LogP contribution in [0.15, 0.2) is 0 Å². The fourth-order valence-corrected chi connectivity index (χ4v) is 1.73. The van der Waals surface area contributed by atoms with Gasteiger partial charge in [-0.2, -0.15) is 4.80 Å². The van der Waals surface area contributed by atoms with Crippen molar-refractivity contribution in [1.29, 1.82) is 0 Å². The zero-order valence-electron chi connectivity index (χ0n) is 6.56. The summed E-state index contributed by atoms with van der Waals surface area (Å²) in [5.74, 6) is 0. The average molecular weight is 157 g/mol. The zero-order chi connectivity index (χ0) is 7.52. The molecule has 5 heteroatoms. The Bertz CT molecular complexity index is 201. The van der Waals surface area contributed by atoms with E-state index in [1.54, 1.807) is 0 Å². The van der Waals surface area contributed by atoms with Crippen molar-refractivity contribution in [3.05, 3.63) is 0 Å². The largest absolute Gasteiger partial charge is 0.213 e. The molecule has 11 heavy (non-hydrogen) atoms. The summed E-state index contributed by atoms with van der Waals surface area (Å²) < 4.78 is 0. The molecular weight excluding hydrogens is 142 g/mol. The van der Waals surface area contributed by atoms with Gasteiger partial charge in [-0.3, -0.25) is 0 Å². The van der Waals surface area contributed by atoms with Crippen molar-refractivity contribution in [1.82, 2.24) is 25.7 Å². The quantitative estimate of drug-likeness (QED) is 0.476. The van der Waals surface area contributed by atoms with Gasteiger partial charge in [-0.15, -0.1) is 0 Å². The van der Waals surface area contributed by atoms with Crippen molar-refractivity contribution in [2.45, 2.75) is 38.1 Å². The standard InChI is InChI=1S/C6H15N5/c1-2-4-6(5-3-1)11-9-7-8-10-11/h6-10H,1-5H2. The number of hydrogen-bond acceptors (Lipinski definition) is 0. The maximum absolute atomic E-state index is 2.99. The van der Waals surface area contributed by atoms with E-state index < -0.39 is 0 Å². The first-order valence-corrected chi connectivity index (χ1v) is 4.27. The van der Waals surface area contributed by atoms with Gasteiger partial charge in [0.25, 0.3) is 0 Å². The Morgan fingerprint density at radius 2 is 1.55 bits per heavy atom. The molecule has 0 bridgehead atoms. The van der Waals surface area contributed by atoms with Crippen LogP contribution >= 0.6 is 0 Å². The molecule has 0 radical (unpaired) electrons. The van der Waals surface area contributed by atoms with Crippen LogP contribution in [0.2, 0.25) is 0 Å². The molecule has 0 amide bonds. The fraction of sp³-hybridized carbons (Fsp3) is 1.00. The molecule has 5 nitrogen and oxygen atoms in total. The Morgan fingerprint density at radius 1 is 0.909 bits per heavy atom. The van der Waals surface area contributed by atoms with Gasteiger partial charge in [0.15, 0.2) is 0 Å². The molecule has 0 atom stereocenters. The molecule has 2 rings (SSSR count). The summed E-state index contributed by atoms with van der Waals surface area (Å²) in [6.45, 7) is 0. The molecule has 0 unspecified atom stereocenters. The third-order valence-electron chi connectivity index (χ3n) is 2.36. The molecule has 1 aromatic rings. The van der Waals surface area contributed by atoms with Crippen LogP contribution in [-0.4, -0.2) is 25.7 Å². The van der Waals surface area contributed by atoms with E-state index in [9.17, 15) is 0 Å². The summed E-state index contributed by atoms with van der Waals surface area (Å²) in [5.41, 5.74) is 0. The maximum atomic E-state index is 2.99. The van der Waals surface area contributed by atoms with E-state index in [0.29, 0.717) is 6.04 Å². The molecule has 1 aliphatic rings. The maximum Gasteiger partial charge on any atom is 0.0703 e. The number of aromatic nitrogens is 5. The molecule has 1 heterocycles. The summed E-state index contributed by atoms with van der Waals surface area (Å²) in [6, 6.07) is 0.631. The Balaban J connectivity index is 2.04. The lowest BCUT2D eigenvalue weighted by atomic mass is 9.96. The van der Waals surface area contributed by atoms with E-state index in [0.717, 1.165) is 0 Å². The van der Waals surface area contributed by atoms with Crippen LogP contribution in [0.25, 0.3) is 0 Å². The second-order valence-corrected chi connectivity index (χ2v) is 3.14. The van der Waals surface area contributed by atoms with Gasteiger partial charge in [0, 0.05) is 0 Å². The van der Waals surface area contributed by atoms with Gasteiger partial charge in [0.2, 0.25) is 0 Å². The van der Waals surface area contributed by atoms with Gasteiger partial charge in [0.05, 0.1) is 6.04 Å². The molecule has 1 fully saturated rings. The summed E-state index contributed by atoms with van der Waals surface area (Å²) >= 11 is 0. The molecule has 1 aliphatic carbocycles. The minimum atomic E-state index is 0.631. The van der Waals surface area contributed by atoms with E-state index in [2.05, 4.69) is 20.9 Å². The highest BCUT2D eigenvalue weighted by molar-refractivity contribution is 4.66. The molecule has 1 aromatic heterocycles. The first-order valence-electron chi connectivity index (χ1n) is 4.27. The van der Waals surface area contributed by atoms with Gasteiger partial charge in [-0.1, -0.05) is 19.3 Å². The van der Waals surface area contributed by atoms with Crippen molar-refractivity contribution in [3.63, 3.8) is 0 Å². The Hall–Kier alpha value is -1.00. The lowest BCUT2D eigenvalue weighted by Crippen LogP contribution is -2.15. The SMILES string of the molecule is C1CCC(n2[nH][nH][nH][nH]2)CC1. The molecule has 0 aliphatic heterocycles. The predicted octanol–water partition coefficient (Wildman–Crippen LogP) is 1.43. The third-order valence-corrected chi connectivity index (χ3v) is 2.36. The van der Waals surface area contributed by atoms with Crippen molar-refractivity contribution in [3.8, 4) is 0 Å². The summed E-state index contributed by atoms with van der Waals surface area (Å²) in [4.78, 5) is 2.00. The van der Waals surface area contributed by atoms with Crippen molar-refractivity contribution in [2.24, 2.45) is 0 Å². The fourth-order valence-electron chi connectivity index (χ4n) is 1.73. The van der Waals surface area contributed by atoms with E-state index in [-0.39, 0.29) is 0 Å². The lowest BCUT2D eigenvalue weighted by Gasteiger charge is -2.20. The second kappa shape index (κ2) is 2.94. The van der Waals surface area contributed by atoms with Crippen molar-refractivity contribution in [2.75, 3.05) is 0 Å². The molecule has 64 valence electrons. The summed E-state index contributed by atoms with van der Waals surface area (Å²) in [5, 5.41) is 11.5. The summed E-state index contributed by atoms with van der Waals surface area (Å²) in [6.07, 6.45) is 6.66. The number of nitrogens with one attached hydrogen (secondary N) is 4. The average Bonchev–Trinajstić information content (AvgIpc) is 2.58. The predicted molar refractivity (Wildman–Crippen MR) is 41.6 cm³/mol. The van der Waals surface area contributed by atoms with Gasteiger partial charge in [0.1, 0.15) is 0 Å². The smallest absolute Gasteiger partial charge is 0.0703 e. The number of aromatic amines is 4. The van der Waals surface area contributed by atoms with Gasteiger partial charge in [-0.25, -0.2) is 20.9 Å². The van der Waals surface area contributed by atoms with Crippen LogP contribution in [0, 0.1) is 0 Å². The number of H-pyrrole nitrogens is 4. The molecule has 1 saturated carbocycles. The second-order valence-electron chi connectivity index (χ2n) is 3.14. The highest BCUT2D eigenvalue weighted by Crippen LogP contribution is 2.25. The van der Waals surface area contributed by atoms with Gasteiger partial charge >= 0.3 is 0 Å². The van der Waals surface area contributed by atoms with Crippen LogP contribution < -0.4 is 0 Å². The van der Waals surface area contributed by atoms with E-state index in [1.165, 1.54) is 32.1 Å². The normalized spacial score (nSPS) is 20.4. The van der Waals surface area contributed by atoms with Crippen LogP contribution in [0.5, 0.6) is 0 Å². The Labute approximate surface area is 64.8 Å². The van der Waals surface area contributed by atoms with Crippen molar-refractivity contribution < 1.29 is 0 Å². The number of nitrogens with zero attached hydrogens (tertiary/aromatic N) is 1. The molecule has 4 N–H and O–H groups in total. The van der Waals surface area contributed by atoms with Crippen LogP contribution in [0.3, 0.4) is 0 Å². The van der Waals surface area contributed by atoms with E-state index in [4.69, 9.17) is 0 Å². The Kier molecular flexibility index (Phi) is 1.79. The highest BCUT2D eigenvalue weighted by atomic mass is 15.7. The topological polar surface area (TPSA) is 68.1 Å². The molecule has 0 saturated heterocycles.